The van der Waals surface area contributed by atoms with Gasteiger partial charge in [0.15, 0.2) is 0 Å². The van der Waals surface area contributed by atoms with Gasteiger partial charge in [-0.25, -0.2) is 4.39 Å². The Bertz CT molecular complexity index is 301. The summed E-state index contributed by atoms with van der Waals surface area (Å²) in [5.41, 5.74) is 0.994. The van der Waals surface area contributed by atoms with Crippen LogP contribution in [0.1, 0.15) is 18.9 Å². The lowest BCUT2D eigenvalue weighted by Crippen LogP contribution is -2.18. The molecule has 0 saturated heterocycles. The maximum Gasteiger partial charge on any atom is 0.123 e. The number of benzene rings is 1. The molecule has 1 heterocycles. The van der Waals surface area contributed by atoms with E-state index >= 15 is 0 Å². The highest BCUT2D eigenvalue weighted by molar-refractivity contribution is 5.35. The van der Waals surface area contributed by atoms with Crippen LogP contribution in [0.15, 0.2) is 18.2 Å². The van der Waals surface area contributed by atoms with Gasteiger partial charge in [0.25, 0.3) is 0 Å². The topological polar surface area (TPSA) is 44.2 Å². The lowest BCUT2D eigenvalue weighted by atomic mass is 10.0. The average Bonchev–Trinajstić information content (AvgIpc) is 2.05. The van der Waals surface area contributed by atoms with Gasteiger partial charge < -0.3 is 10.9 Å². The van der Waals surface area contributed by atoms with Crippen molar-refractivity contribution in [1.82, 2.24) is 6.15 Å². The second-order valence-electron chi connectivity index (χ2n) is 3.22. The highest BCUT2D eigenvalue weighted by Crippen LogP contribution is 2.27. The van der Waals surface area contributed by atoms with E-state index in [1.165, 1.54) is 6.07 Å². The Balaban J connectivity index is 0.000000845. The van der Waals surface area contributed by atoms with Gasteiger partial charge in [-0.1, -0.05) is 0 Å². The van der Waals surface area contributed by atoms with Crippen molar-refractivity contribution in [2.45, 2.75) is 25.9 Å². The molecule has 0 aromatic heterocycles. The quantitative estimate of drug-likeness (QED) is 0.672. The Morgan fingerprint density at radius 1 is 1.46 bits per heavy atom. The van der Waals surface area contributed by atoms with Crippen molar-refractivity contribution in [2.75, 3.05) is 0 Å². The number of fused-ring (bicyclic) bond motifs is 1. The fourth-order valence-electron chi connectivity index (χ4n) is 1.49. The van der Waals surface area contributed by atoms with Gasteiger partial charge in [0.1, 0.15) is 11.6 Å². The largest absolute Gasteiger partial charge is 0.490 e. The summed E-state index contributed by atoms with van der Waals surface area (Å²) in [6.45, 7) is 2.03. The Morgan fingerprint density at radius 2 is 2.23 bits per heavy atom. The minimum absolute atomic E-state index is 0. The molecule has 0 aliphatic carbocycles. The summed E-state index contributed by atoms with van der Waals surface area (Å²) in [5.74, 6) is 0.669. The zero-order valence-corrected chi connectivity index (χ0v) is 7.72. The number of halogens is 1. The average molecular weight is 183 g/mol. The molecule has 0 fully saturated rings. The molecule has 1 aromatic rings. The van der Waals surface area contributed by atoms with Crippen molar-refractivity contribution in [2.24, 2.45) is 0 Å². The molecule has 0 bridgehead atoms. The SMILES string of the molecule is CC1CCc2cc(F)ccc2O1.N. The van der Waals surface area contributed by atoms with E-state index in [1.54, 1.807) is 12.1 Å². The molecule has 0 amide bonds. The first-order valence-electron chi connectivity index (χ1n) is 4.21. The van der Waals surface area contributed by atoms with Crippen LogP contribution in [0.25, 0.3) is 0 Å². The lowest BCUT2D eigenvalue weighted by Gasteiger charge is -2.22. The van der Waals surface area contributed by atoms with Gasteiger partial charge in [0.2, 0.25) is 0 Å². The minimum atomic E-state index is -0.174. The van der Waals surface area contributed by atoms with Crippen LogP contribution < -0.4 is 10.9 Å². The summed E-state index contributed by atoms with van der Waals surface area (Å²) in [4.78, 5) is 0. The molecule has 13 heavy (non-hydrogen) atoms. The van der Waals surface area contributed by atoms with Crippen molar-refractivity contribution < 1.29 is 9.13 Å². The van der Waals surface area contributed by atoms with Crippen LogP contribution in [0, 0.1) is 5.82 Å². The molecular formula is C10H14FNO. The summed E-state index contributed by atoms with van der Waals surface area (Å²) in [6, 6.07) is 4.71. The fraction of sp³-hybridized carbons (Fsp3) is 0.400. The van der Waals surface area contributed by atoms with E-state index in [1.807, 2.05) is 6.92 Å². The van der Waals surface area contributed by atoms with Gasteiger partial charge in [-0.05, 0) is 43.5 Å². The van der Waals surface area contributed by atoms with E-state index < -0.39 is 0 Å². The summed E-state index contributed by atoms with van der Waals surface area (Å²) < 4.78 is 18.3. The molecule has 1 aliphatic rings. The molecule has 2 nitrogen and oxygen atoms in total. The first-order valence-corrected chi connectivity index (χ1v) is 4.21. The van der Waals surface area contributed by atoms with E-state index in [2.05, 4.69) is 0 Å². The smallest absolute Gasteiger partial charge is 0.123 e. The van der Waals surface area contributed by atoms with Crippen molar-refractivity contribution in [3.63, 3.8) is 0 Å². The fourth-order valence-corrected chi connectivity index (χ4v) is 1.49. The van der Waals surface area contributed by atoms with E-state index in [-0.39, 0.29) is 18.1 Å². The van der Waals surface area contributed by atoms with E-state index in [9.17, 15) is 4.39 Å². The third-order valence-electron chi connectivity index (χ3n) is 2.17. The van der Waals surface area contributed by atoms with E-state index in [0.29, 0.717) is 0 Å². The van der Waals surface area contributed by atoms with Crippen LogP contribution in [-0.4, -0.2) is 6.10 Å². The normalized spacial score (nSPS) is 19.7. The lowest BCUT2D eigenvalue weighted by molar-refractivity contribution is 0.192. The third kappa shape index (κ3) is 1.98. The summed E-state index contributed by atoms with van der Waals surface area (Å²) in [7, 11) is 0. The van der Waals surface area contributed by atoms with Gasteiger partial charge in [0, 0.05) is 0 Å². The van der Waals surface area contributed by atoms with Crippen LogP contribution in [-0.2, 0) is 6.42 Å². The molecule has 1 atom stereocenters. The van der Waals surface area contributed by atoms with Crippen molar-refractivity contribution >= 4 is 0 Å². The summed E-state index contributed by atoms with van der Waals surface area (Å²) >= 11 is 0. The second-order valence-corrected chi connectivity index (χ2v) is 3.22. The predicted molar refractivity (Wildman–Crippen MR) is 49.8 cm³/mol. The number of hydrogen-bond acceptors (Lipinski definition) is 2. The molecule has 0 spiro atoms. The summed E-state index contributed by atoms with van der Waals surface area (Å²) in [5, 5.41) is 0. The van der Waals surface area contributed by atoms with E-state index in [0.717, 1.165) is 24.2 Å². The first kappa shape index (κ1) is 9.99. The molecule has 1 unspecified atom stereocenters. The monoisotopic (exact) mass is 183 g/mol. The Kier molecular flexibility index (Phi) is 2.88. The number of ether oxygens (including phenoxy) is 1. The molecule has 1 aromatic carbocycles. The van der Waals surface area contributed by atoms with E-state index in [4.69, 9.17) is 4.74 Å². The highest BCUT2D eigenvalue weighted by atomic mass is 19.1. The number of aryl methyl sites for hydroxylation is 1. The molecule has 2 rings (SSSR count). The standard InChI is InChI=1S/C10H11FO.H3N/c1-7-2-3-8-6-9(11)4-5-10(8)12-7;/h4-7H,2-3H2,1H3;1H3. The van der Waals surface area contributed by atoms with Crippen molar-refractivity contribution in [1.29, 1.82) is 0 Å². The maximum atomic E-state index is 12.7. The summed E-state index contributed by atoms with van der Waals surface area (Å²) in [6.07, 6.45) is 2.17. The second kappa shape index (κ2) is 3.75. The van der Waals surface area contributed by atoms with Gasteiger partial charge in [0.05, 0.1) is 6.10 Å². The van der Waals surface area contributed by atoms with Gasteiger partial charge in [-0.15, -0.1) is 0 Å². The molecule has 0 saturated carbocycles. The van der Waals surface area contributed by atoms with Gasteiger partial charge >= 0.3 is 0 Å². The zero-order chi connectivity index (χ0) is 8.55. The first-order chi connectivity index (χ1) is 5.75. The van der Waals surface area contributed by atoms with Crippen molar-refractivity contribution in [3.05, 3.63) is 29.6 Å². The zero-order valence-electron chi connectivity index (χ0n) is 7.72. The maximum absolute atomic E-state index is 12.7. The van der Waals surface area contributed by atoms with Crippen LogP contribution in [0.3, 0.4) is 0 Å². The van der Waals surface area contributed by atoms with Crippen LogP contribution in [0.5, 0.6) is 5.75 Å². The van der Waals surface area contributed by atoms with Crippen LogP contribution in [0.4, 0.5) is 4.39 Å². The Morgan fingerprint density at radius 3 is 3.00 bits per heavy atom. The van der Waals surface area contributed by atoms with Crippen molar-refractivity contribution in [3.8, 4) is 5.75 Å². The number of rotatable bonds is 0. The van der Waals surface area contributed by atoms with Gasteiger partial charge in [-0.2, -0.15) is 0 Å². The Hall–Kier alpha value is -1.09. The molecular weight excluding hydrogens is 169 g/mol. The minimum Gasteiger partial charge on any atom is -0.490 e. The van der Waals surface area contributed by atoms with Crippen LogP contribution >= 0.6 is 0 Å². The molecule has 72 valence electrons. The van der Waals surface area contributed by atoms with Gasteiger partial charge in [-0.3, -0.25) is 0 Å². The third-order valence-corrected chi connectivity index (χ3v) is 2.17. The molecule has 3 N–H and O–H groups in total. The molecule has 0 radical (unpaired) electrons. The predicted octanol–water partition coefficient (Wildman–Crippen LogP) is 2.70. The van der Waals surface area contributed by atoms with Crippen LogP contribution in [0.2, 0.25) is 0 Å². The Labute approximate surface area is 77.3 Å². The number of hydrogen-bond donors (Lipinski definition) is 1. The molecule has 3 heteroatoms. The molecule has 1 aliphatic heterocycles. The highest BCUT2D eigenvalue weighted by Gasteiger charge is 2.15.